The van der Waals surface area contributed by atoms with E-state index in [0.717, 1.165) is 49.0 Å². The summed E-state index contributed by atoms with van der Waals surface area (Å²) >= 11 is 0. The Kier molecular flexibility index (Phi) is 17.6. The van der Waals surface area contributed by atoms with E-state index >= 15 is 0 Å². The van der Waals surface area contributed by atoms with Gasteiger partial charge in [0, 0.05) is 31.3 Å². The molecule has 38 heavy (non-hydrogen) atoms. The molecule has 0 aromatic heterocycles. The molecule has 1 spiro atoms. The zero-order valence-electron chi connectivity index (χ0n) is 27.0. The van der Waals surface area contributed by atoms with Crippen LogP contribution < -0.4 is 0 Å². The minimum Gasteiger partial charge on any atom is -0.369 e. The summed E-state index contributed by atoms with van der Waals surface area (Å²) in [6.45, 7) is 21.5. The molecule has 0 N–H and O–H groups in total. The van der Waals surface area contributed by atoms with Gasteiger partial charge in [-0.05, 0) is 91.8 Å². The van der Waals surface area contributed by atoms with Gasteiger partial charge in [0.25, 0.3) is 0 Å². The molecule has 0 aromatic rings. The first-order valence-electron chi connectivity index (χ1n) is 15.5. The second-order valence-corrected chi connectivity index (χ2v) is 14.3. The Morgan fingerprint density at radius 3 is 1.37 bits per heavy atom. The Balaban J connectivity index is 0.000000527. The van der Waals surface area contributed by atoms with Gasteiger partial charge >= 0.3 is 0 Å². The SMILES string of the molecule is CC(C)[C@@H]1CC[C@@H](C)C[C@@H]1C=O.CC(C)[C@@H]1CC[C@@H](C)C[C@@]12CO2.CC(C)[C@@H]1CC[C@@H](C)C[C@H]1C=O.[CH3-].[Zn]. The van der Waals surface area contributed by atoms with E-state index in [4.69, 9.17) is 4.74 Å². The van der Waals surface area contributed by atoms with Crippen molar-refractivity contribution in [2.75, 3.05) is 6.61 Å². The topological polar surface area (TPSA) is 46.7 Å². The molecule has 3 aliphatic carbocycles. The number of carbonyl (C=O) groups excluding carboxylic acids is 2. The van der Waals surface area contributed by atoms with Crippen LogP contribution in [0, 0.1) is 72.5 Å². The predicted octanol–water partition coefficient (Wildman–Crippen LogP) is 9.08. The number of epoxide rings is 1. The van der Waals surface area contributed by atoms with Crippen LogP contribution in [0.2, 0.25) is 0 Å². The summed E-state index contributed by atoms with van der Waals surface area (Å²) < 4.78 is 5.68. The molecular weight excluding hydrogens is 522 g/mol. The number of aldehydes is 2. The maximum absolute atomic E-state index is 10.8. The molecule has 3 nitrogen and oxygen atoms in total. The molecule has 220 valence electrons. The Morgan fingerprint density at radius 2 is 1.05 bits per heavy atom. The average Bonchev–Trinajstić information content (AvgIpc) is 3.57. The molecule has 4 fully saturated rings. The van der Waals surface area contributed by atoms with Gasteiger partial charge in [-0.3, -0.25) is 0 Å². The Labute approximate surface area is 250 Å². The van der Waals surface area contributed by atoms with E-state index in [-0.39, 0.29) is 26.9 Å². The normalized spacial score (nSPS) is 38.1. The van der Waals surface area contributed by atoms with Crippen LogP contribution in [-0.2, 0) is 33.8 Å². The summed E-state index contributed by atoms with van der Waals surface area (Å²) in [4.78, 5) is 21.6. The molecular formula is C34H63O3Zn-. The Bertz CT molecular complexity index is 620. The van der Waals surface area contributed by atoms with E-state index in [0.29, 0.717) is 41.1 Å². The van der Waals surface area contributed by atoms with Gasteiger partial charge < -0.3 is 21.8 Å². The average molecular weight is 585 g/mol. The van der Waals surface area contributed by atoms with E-state index in [2.05, 4.69) is 62.3 Å². The van der Waals surface area contributed by atoms with Gasteiger partial charge in [-0.1, -0.05) is 81.6 Å². The Hall–Kier alpha value is -0.0766. The molecule has 4 heteroatoms. The molecule has 1 saturated heterocycles. The van der Waals surface area contributed by atoms with E-state index in [9.17, 15) is 9.59 Å². The van der Waals surface area contributed by atoms with E-state index < -0.39 is 0 Å². The van der Waals surface area contributed by atoms with Gasteiger partial charge in [0.05, 0.1) is 12.2 Å². The second kappa shape index (κ2) is 17.7. The van der Waals surface area contributed by atoms with E-state index in [1.54, 1.807) is 0 Å². The van der Waals surface area contributed by atoms with Crippen molar-refractivity contribution in [2.24, 2.45) is 65.1 Å². The van der Waals surface area contributed by atoms with Crippen molar-refractivity contribution >= 4 is 12.6 Å². The summed E-state index contributed by atoms with van der Waals surface area (Å²) in [6, 6.07) is 0. The van der Waals surface area contributed by atoms with Gasteiger partial charge in [0.15, 0.2) is 0 Å². The van der Waals surface area contributed by atoms with Crippen molar-refractivity contribution in [1.82, 2.24) is 0 Å². The molecule has 1 heterocycles. The summed E-state index contributed by atoms with van der Waals surface area (Å²) in [5, 5.41) is 0. The molecule has 0 radical (unpaired) electrons. The zero-order chi connectivity index (χ0) is 27.0. The third-order valence-corrected chi connectivity index (χ3v) is 10.2. The van der Waals surface area contributed by atoms with Crippen molar-refractivity contribution < 1.29 is 33.8 Å². The maximum Gasteiger partial charge on any atom is 0.123 e. The zero-order valence-corrected chi connectivity index (χ0v) is 30.0. The van der Waals surface area contributed by atoms with Crippen molar-refractivity contribution in [1.29, 1.82) is 0 Å². The standard InChI is InChI=1S/3C11H20O.CH3.Zn/c1-8(2)10-5-4-9(3)6-11(10)7-12-11;2*1-8(2)11-5-4-9(3)6-10(11)7-12;;/h8-10H,4-7H2,1-3H3;2*7-11H,4-6H2,1-3H3;1H3;/q;;;-1;/t9-,10+,11-;9-,10+,11+;9-,10-,11+;;/m111../s1. The van der Waals surface area contributed by atoms with Gasteiger partial charge in [-0.25, -0.2) is 0 Å². The van der Waals surface area contributed by atoms with E-state index in [1.807, 2.05) is 0 Å². The van der Waals surface area contributed by atoms with Gasteiger partial charge in [-0.2, -0.15) is 0 Å². The predicted molar refractivity (Wildman–Crippen MR) is 158 cm³/mol. The summed E-state index contributed by atoms with van der Waals surface area (Å²) in [5.41, 5.74) is 0.339. The minimum atomic E-state index is 0. The molecule has 0 aromatic carbocycles. The first-order chi connectivity index (χ1) is 16.9. The van der Waals surface area contributed by atoms with Crippen LogP contribution in [0.5, 0.6) is 0 Å². The molecule has 1 aliphatic heterocycles. The number of hydrogen-bond acceptors (Lipinski definition) is 3. The summed E-state index contributed by atoms with van der Waals surface area (Å²) in [5.74, 6) is 7.39. The second-order valence-electron chi connectivity index (χ2n) is 14.3. The fourth-order valence-electron chi connectivity index (χ4n) is 7.80. The minimum absolute atomic E-state index is 0. The number of rotatable bonds is 5. The van der Waals surface area contributed by atoms with Gasteiger partial charge in [0.2, 0.25) is 0 Å². The summed E-state index contributed by atoms with van der Waals surface area (Å²) in [7, 11) is 0. The van der Waals surface area contributed by atoms with Gasteiger partial charge in [0.1, 0.15) is 12.6 Å². The quantitative estimate of drug-likeness (QED) is 0.140. The van der Waals surface area contributed by atoms with Crippen LogP contribution in [0.3, 0.4) is 0 Å². The van der Waals surface area contributed by atoms with Crippen molar-refractivity contribution in [3.63, 3.8) is 0 Å². The number of ether oxygens (including phenoxy) is 1. The first kappa shape index (κ1) is 37.9. The Morgan fingerprint density at radius 1 is 0.658 bits per heavy atom. The molecule has 0 bridgehead atoms. The van der Waals surface area contributed by atoms with Crippen LogP contribution in [0.4, 0.5) is 0 Å². The van der Waals surface area contributed by atoms with Crippen molar-refractivity contribution in [3.8, 4) is 0 Å². The monoisotopic (exact) mass is 583 g/mol. The van der Waals surface area contributed by atoms with Crippen LogP contribution in [0.25, 0.3) is 0 Å². The first-order valence-corrected chi connectivity index (χ1v) is 15.5. The third kappa shape index (κ3) is 11.1. The smallest absolute Gasteiger partial charge is 0.123 e. The summed E-state index contributed by atoms with van der Waals surface area (Å²) in [6.07, 6.45) is 13.8. The molecule has 0 unspecified atom stereocenters. The fraction of sp³-hybridized carbons (Fsp3) is 0.912. The fourth-order valence-corrected chi connectivity index (χ4v) is 7.80. The molecule has 4 rings (SSSR count). The van der Waals surface area contributed by atoms with Crippen molar-refractivity contribution in [3.05, 3.63) is 7.43 Å². The maximum atomic E-state index is 10.8. The van der Waals surface area contributed by atoms with Crippen LogP contribution in [0.15, 0.2) is 0 Å². The molecule has 4 aliphatic rings. The van der Waals surface area contributed by atoms with Crippen LogP contribution in [0.1, 0.15) is 120 Å². The van der Waals surface area contributed by atoms with Gasteiger partial charge in [-0.15, -0.1) is 0 Å². The molecule has 0 amide bonds. The third-order valence-electron chi connectivity index (χ3n) is 10.2. The largest absolute Gasteiger partial charge is 0.369 e. The van der Waals surface area contributed by atoms with Crippen LogP contribution >= 0.6 is 0 Å². The molecule has 3 saturated carbocycles. The van der Waals surface area contributed by atoms with E-state index in [1.165, 1.54) is 57.5 Å². The van der Waals surface area contributed by atoms with Crippen molar-refractivity contribution in [2.45, 2.75) is 126 Å². The van der Waals surface area contributed by atoms with Crippen LogP contribution in [-0.4, -0.2) is 24.8 Å². The molecule has 9 atom stereocenters. The number of hydrogen-bond donors (Lipinski definition) is 0. The number of carbonyl (C=O) groups is 2.